The molecule has 0 N–H and O–H groups in total. The van der Waals surface area contributed by atoms with E-state index >= 15 is 0 Å². The summed E-state index contributed by atoms with van der Waals surface area (Å²) in [7, 11) is 1.80. The lowest BCUT2D eigenvalue weighted by Crippen LogP contribution is -2.00. The van der Waals surface area contributed by atoms with Gasteiger partial charge in [0.1, 0.15) is 17.5 Å². The Bertz CT molecular complexity index is 691. The highest BCUT2D eigenvalue weighted by atomic mass is 35.5. The van der Waals surface area contributed by atoms with Crippen molar-refractivity contribution < 1.29 is 9.53 Å². The quantitative estimate of drug-likeness (QED) is 0.872. The van der Waals surface area contributed by atoms with Gasteiger partial charge in [0.15, 0.2) is 5.78 Å². The van der Waals surface area contributed by atoms with E-state index in [0.29, 0.717) is 18.2 Å². The molecule has 0 spiro atoms. The number of ether oxygens (including phenoxy) is 1. The van der Waals surface area contributed by atoms with E-state index in [1.54, 1.807) is 11.7 Å². The first-order chi connectivity index (χ1) is 9.58. The molecule has 0 aliphatic heterocycles. The summed E-state index contributed by atoms with van der Waals surface area (Å²) < 4.78 is 7.50. The van der Waals surface area contributed by atoms with E-state index in [1.807, 2.05) is 25.1 Å². The molecule has 4 nitrogen and oxygen atoms in total. The van der Waals surface area contributed by atoms with Crippen LogP contribution in [0.5, 0.6) is 5.75 Å². The lowest BCUT2D eigenvalue weighted by Gasteiger charge is -2.10. The first-order valence-electron chi connectivity index (χ1n) is 6.54. The Morgan fingerprint density at radius 3 is 2.90 bits per heavy atom. The number of nitrogens with zero attached hydrogens (tertiary/aromatic N) is 2. The maximum absolute atomic E-state index is 11.7. The van der Waals surface area contributed by atoms with Crippen molar-refractivity contribution in [1.82, 2.24) is 9.78 Å². The van der Waals surface area contributed by atoms with Crippen molar-refractivity contribution >= 4 is 17.4 Å². The minimum atomic E-state index is 0.195. The molecule has 3 rings (SSSR count). The third-order valence-electron chi connectivity index (χ3n) is 3.68. The normalized spacial score (nSPS) is 13.7. The highest BCUT2D eigenvalue weighted by molar-refractivity contribution is 6.30. The molecule has 1 aromatic carbocycles. The molecule has 2 aromatic rings. The van der Waals surface area contributed by atoms with Gasteiger partial charge in [-0.25, -0.2) is 0 Å². The fourth-order valence-corrected chi connectivity index (χ4v) is 2.81. The van der Waals surface area contributed by atoms with Crippen LogP contribution in [0, 0.1) is 6.92 Å². The van der Waals surface area contributed by atoms with Gasteiger partial charge in [0, 0.05) is 30.2 Å². The number of aromatic nitrogens is 2. The van der Waals surface area contributed by atoms with Gasteiger partial charge in [-0.1, -0.05) is 23.7 Å². The average molecular weight is 291 g/mol. The second-order valence-electron chi connectivity index (χ2n) is 4.97. The van der Waals surface area contributed by atoms with Gasteiger partial charge >= 0.3 is 0 Å². The molecule has 1 heterocycles. The Balaban J connectivity index is 1.85. The summed E-state index contributed by atoms with van der Waals surface area (Å²) in [6.07, 6.45) is 1.33. The molecule has 0 unspecified atom stereocenters. The maximum atomic E-state index is 11.7. The van der Waals surface area contributed by atoms with Crippen LogP contribution < -0.4 is 4.74 Å². The van der Waals surface area contributed by atoms with Gasteiger partial charge in [-0.3, -0.25) is 9.48 Å². The van der Waals surface area contributed by atoms with Gasteiger partial charge in [-0.15, -0.1) is 0 Å². The molecule has 0 fully saturated rings. The topological polar surface area (TPSA) is 44.1 Å². The summed E-state index contributed by atoms with van der Waals surface area (Å²) >= 11 is 6.19. The smallest absolute Gasteiger partial charge is 0.163 e. The molecule has 5 heteroatoms. The van der Waals surface area contributed by atoms with Crippen LogP contribution in [0.3, 0.4) is 0 Å². The van der Waals surface area contributed by atoms with Crippen LogP contribution in [0.1, 0.15) is 33.6 Å². The van der Waals surface area contributed by atoms with E-state index in [1.165, 1.54) is 0 Å². The number of hydrogen-bond donors (Lipinski definition) is 0. The molecule has 104 valence electrons. The number of benzene rings is 1. The van der Waals surface area contributed by atoms with E-state index in [0.717, 1.165) is 34.6 Å². The molecule has 0 atom stereocenters. The third kappa shape index (κ3) is 2.10. The predicted molar refractivity (Wildman–Crippen MR) is 76.4 cm³/mol. The van der Waals surface area contributed by atoms with E-state index in [2.05, 4.69) is 5.10 Å². The van der Waals surface area contributed by atoms with E-state index in [4.69, 9.17) is 16.3 Å². The van der Waals surface area contributed by atoms with Crippen molar-refractivity contribution in [3.63, 3.8) is 0 Å². The van der Waals surface area contributed by atoms with Crippen LogP contribution in [0.4, 0.5) is 0 Å². The van der Waals surface area contributed by atoms with Crippen LogP contribution in [0.2, 0.25) is 5.15 Å². The van der Waals surface area contributed by atoms with Gasteiger partial charge in [0.05, 0.1) is 5.69 Å². The lowest BCUT2D eigenvalue weighted by molar-refractivity contribution is 0.0994. The first-order valence-corrected chi connectivity index (χ1v) is 6.91. The van der Waals surface area contributed by atoms with Crippen molar-refractivity contribution in [3.05, 3.63) is 45.7 Å². The second-order valence-corrected chi connectivity index (χ2v) is 5.33. The third-order valence-corrected chi connectivity index (χ3v) is 4.15. The minimum absolute atomic E-state index is 0.195. The van der Waals surface area contributed by atoms with Crippen molar-refractivity contribution in [2.75, 3.05) is 0 Å². The Morgan fingerprint density at radius 2 is 2.20 bits per heavy atom. The van der Waals surface area contributed by atoms with E-state index in [-0.39, 0.29) is 5.78 Å². The summed E-state index contributed by atoms with van der Waals surface area (Å²) in [4.78, 5) is 11.7. The molecule has 0 radical (unpaired) electrons. The largest absolute Gasteiger partial charge is 0.488 e. The highest BCUT2D eigenvalue weighted by Crippen LogP contribution is 2.31. The number of hydrogen-bond acceptors (Lipinski definition) is 3. The SMILES string of the molecule is Cc1nn(C)c(Cl)c1COc1cccc2c1CCC2=O. The molecular weight excluding hydrogens is 276 g/mol. The number of carbonyl (C=O) groups excluding carboxylic acids is 1. The number of halogens is 1. The molecule has 1 aliphatic carbocycles. The van der Waals surface area contributed by atoms with Gasteiger partial charge < -0.3 is 4.74 Å². The lowest BCUT2D eigenvalue weighted by atomic mass is 10.1. The first kappa shape index (κ1) is 13.2. The fourth-order valence-electron chi connectivity index (χ4n) is 2.58. The summed E-state index contributed by atoms with van der Waals surface area (Å²) in [5.74, 6) is 0.966. The zero-order valence-corrected chi connectivity index (χ0v) is 12.2. The number of aryl methyl sites for hydroxylation is 2. The predicted octanol–water partition coefficient (Wildman–Crippen LogP) is 3.09. The Labute approximate surface area is 122 Å². The molecule has 20 heavy (non-hydrogen) atoms. The second kappa shape index (κ2) is 4.94. The zero-order valence-electron chi connectivity index (χ0n) is 11.4. The van der Waals surface area contributed by atoms with Crippen LogP contribution in [0.15, 0.2) is 18.2 Å². The minimum Gasteiger partial charge on any atom is -0.488 e. The van der Waals surface area contributed by atoms with Crippen LogP contribution in [-0.2, 0) is 20.1 Å². The molecule has 0 bridgehead atoms. The summed E-state index contributed by atoms with van der Waals surface area (Å²) in [5, 5.41) is 4.85. The Morgan fingerprint density at radius 1 is 1.40 bits per heavy atom. The van der Waals surface area contributed by atoms with Crippen LogP contribution in [-0.4, -0.2) is 15.6 Å². The number of rotatable bonds is 3. The van der Waals surface area contributed by atoms with Crippen LogP contribution in [0.25, 0.3) is 0 Å². The molecule has 0 amide bonds. The number of fused-ring (bicyclic) bond motifs is 1. The fraction of sp³-hybridized carbons (Fsp3) is 0.333. The average Bonchev–Trinajstić information content (AvgIpc) is 2.91. The summed E-state index contributed by atoms with van der Waals surface area (Å²) in [5.41, 5.74) is 3.55. The van der Waals surface area contributed by atoms with Gasteiger partial charge in [-0.05, 0) is 19.4 Å². The van der Waals surface area contributed by atoms with Crippen molar-refractivity contribution in [3.8, 4) is 5.75 Å². The molecule has 1 aliphatic rings. The van der Waals surface area contributed by atoms with Gasteiger partial charge in [-0.2, -0.15) is 5.10 Å². The van der Waals surface area contributed by atoms with E-state index in [9.17, 15) is 4.79 Å². The number of Topliss-reactive ketones (excluding diaryl/α,β-unsaturated/α-hetero) is 1. The molecule has 0 saturated carbocycles. The highest BCUT2D eigenvalue weighted by Gasteiger charge is 2.23. The summed E-state index contributed by atoms with van der Waals surface area (Å²) in [6, 6.07) is 5.62. The molecule has 1 aromatic heterocycles. The monoisotopic (exact) mass is 290 g/mol. The van der Waals surface area contributed by atoms with E-state index < -0.39 is 0 Å². The maximum Gasteiger partial charge on any atom is 0.163 e. The molecular formula is C15H15ClN2O2. The van der Waals surface area contributed by atoms with Crippen molar-refractivity contribution in [1.29, 1.82) is 0 Å². The zero-order chi connectivity index (χ0) is 14.3. The summed E-state index contributed by atoms with van der Waals surface area (Å²) in [6.45, 7) is 2.27. The van der Waals surface area contributed by atoms with Crippen LogP contribution >= 0.6 is 11.6 Å². The van der Waals surface area contributed by atoms with Gasteiger partial charge in [0.2, 0.25) is 0 Å². The standard InChI is InChI=1S/C15H15ClN2O2/c1-9-12(15(16)18(2)17-9)8-20-14-5-3-4-10-11(14)6-7-13(10)19/h3-5H,6-8H2,1-2H3. The Kier molecular flexibility index (Phi) is 3.26. The van der Waals surface area contributed by atoms with Gasteiger partial charge in [0.25, 0.3) is 0 Å². The van der Waals surface area contributed by atoms with Crippen molar-refractivity contribution in [2.45, 2.75) is 26.4 Å². The molecule has 0 saturated heterocycles. The number of ketones is 1. The number of carbonyl (C=O) groups is 1. The Hall–Kier alpha value is -1.81. The van der Waals surface area contributed by atoms with Crippen molar-refractivity contribution in [2.24, 2.45) is 7.05 Å².